The van der Waals surface area contributed by atoms with Gasteiger partial charge in [-0.2, -0.15) is 38.5 Å². The first-order valence-electron chi connectivity index (χ1n) is 20.0. The molecule has 4 aromatic carbocycles. The van der Waals surface area contributed by atoms with Crippen molar-refractivity contribution < 1.29 is 87.7 Å². The SMILES string of the molecule is CCOc1ccc(S(=O)(=O)O)cc1S(=O)(=O)Nc1cc(S(=O)(=O)NCCC2Nc3c(Nc4ccc(N(C)C)c(S(=O)(=O)O)c4)c(OCC)nn3N2)c(Oc2ccc(OC)c(S(=O)(=O)O)c2)cc1S(=O)(=O)O. The van der Waals surface area contributed by atoms with Crippen LogP contribution >= 0.6 is 0 Å². The molecule has 0 bridgehead atoms. The highest BCUT2D eigenvalue weighted by Crippen LogP contribution is 2.41. The molecule has 1 atom stereocenters. The standard InChI is InChI=1S/C37H44N8O20S6/c1-6-63-27-13-10-23(68(50,51)52)18-31(27)67(48,49)43-24-19-32(28(20-29(24)69(53,54)55)65-22-9-12-26(62-5)33(17-22)71(59,60)61)66(46,47)38-15-14-34-40-36-35(37(64-7-2)42-45(36)41-34)39-21-8-11-25(44(3)4)30(16-21)70(56,57)58/h8-13,16-20,34,38-41,43H,6-7,14-15H2,1-5H3,(H,50,51,52)(H,53,54,55)(H,56,57,58)(H,59,60,61). The van der Waals surface area contributed by atoms with E-state index in [4.69, 9.17) is 18.9 Å². The number of anilines is 5. The largest absolute Gasteiger partial charge is 0.495 e. The van der Waals surface area contributed by atoms with Crippen LogP contribution in [-0.2, 0) is 60.5 Å². The van der Waals surface area contributed by atoms with Gasteiger partial charge >= 0.3 is 0 Å². The van der Waals surface area contributed by atoms with E-state index < -0.39 is 131 Å². The number of benzene rings is 4. The Morgan fingerprint density at radius 1 is 0.676 bits per heavy atom. The lowest BCUT2D eigenvalue weighted by Crippen LogP contribution is -2.33. The lowest BCUT2D eigenvalue weighted by atomic mass is 10.2. The Hall–Kier alpha value is -6.21. The fraction of sp³-hybridized carbons (Fsp3) is 0.270. The summed E-state index contributed by atoms with van der Waals surface area (Å²) in [5.41, 5.74) is 2.34. The van der Waals surface area contributed by atoms with Gasteiger partial charge in [-0.15, -0.1) is 5.10 Å². The topological polar surface area (TPSA) is 404 Å². The van der Waals surface area contributed by atoms with E-state index >= 15 is 0 Å². The Kier molecular flexibility index (Phi) is 15.3. The van der Waals surface area contributed by atoms with Crippen molar-refractivity contribution in [2.45, 2.75) is 55.8 Å². The summed E-state index contributed by atoms with van der Waals surface area (Å²) in [5.74, 6) is -2.20. The van der Waals surface area contributed by atoms with Gasteiger partial charge in [0.1, 0.15) is 59.3 Å². The number of ether oxygens (including phenoxy) is 4. The van der Waals surface area contributed by atoms with Gasteiger partial charge in [0.2, 0.25) is 10.0 Å². The summed E-state index contributed by atoms with van der Waals surface area (Å²) >= 11 is 0. The summed E-state index contributed by atoms with van der Waals surface area (Å²) in [6, 6.07) is 9.71. The van der Waals surface area contributed by atoms with E-state index in [0.29, 0.717) is 24.3 Å². The van der Waals surface area contributed by atoms with Crippen LogP contribution in [0.3, 0.4) is 0 Å². The summed E-state index contributed by atoms with van der Waals surface area (Å²) in [7, 11) is -26.5. The average Bonchev–Trinajstić information content (AvgIpc) is 3.79. The molecule has 0 amide bonds. The quantitative estimate of drug-likeness (QED) is 0.0450. The first-order valence-corrected chi connectivity index (χ1v) is 28.7. The second kappa shape index (κ2) is 20.1. The molecule has 0 aliphatic carbocycles. The van der Waals surface area contributed by atoms with Crippen LogP contribution < -0.4 is 49.4 Å². The molecule has 34 heteroatoms. The zero-order valence-electron chi connectivity index (χ0n) is 37.4. The minimum absolute atomic E-state index is 0.0415. The molecule has 0 fully saturated rings. The fourth-order valence-electron chi connectivity index (χ4n) is 6.69. The van der Waals surface area contributed by atoms with Crippen molar-refractivity contribution in [1.29, 1.82) is 0 Å². The van der Waals surface area contributed by atoms with Crippen molar-refractivity contribution in [2.24, 2.45) is 0 Å². The molecule has 71 heavy (non-hydrogen) atoms. The minimum Gasteiger partial charge on any atom is -0.495 e. The fourth-order valence-corrected chi connectivity index (χ4v) is 11.9. The maximum atomic E-state index is 14.3. The van der Waals surface area contributed by atoms with Gasteiger partial charge in [-0.1, -0.05) is 0 Å². The number of hydrogen-bond acceptors (Lipinski definition) is 21. The van der Waals surface area contributed by atoms with Crippen molar-refractivity contribution in [3.63, 3.8) is 0 Å². The van der Waals surface area contributed by atoms with Gasteiger partial charge in [-0.05, 0) is 68.4 Å². The summed E-state index contributed by atoms with van der Waals surface area (Å²) in [5, 5.41) is 10.4. The van der Waals surface area contributed by atoms with E-state index in [0.717, 1.165) is 31.4 Å². The van der Waals surface area contributed by atoms with E-state index in [-0.39, 0.29) is 48.4 Å². The molecule has 0 spiro atoms. The lowest BCUT2D eigenvalue weighted by molar-refractivity contribution is 0.324. The third-order valence-electron chi connectivity index (χ3n) is 9.74. The molecule has 0 saturated heterocycles. The Balaban J connectivity index is 1.37. The van der Waals surface area contributed by atoms with Crippen LogP contribution in [0.15, 0.2) is 96.1 Å². The number of aromatic nitrogens is 2. The van der Waals surface area contributed by atoms with Crippen LogP contribution in [0, 0.1) is 0 Å². The van der Waals surface area contributed by atoms with Crippen LogP contribution in [0.1, 0.15) is 20.3 Å². The van der Waals surface area contributed by atoms with Crippen molar-refractivity contribution in [2.75, 3.05) is 66.6 Å². The second-order valence-corrected chi connectivity index (χ2v) is 23.8. The van der Waals surface area contributed by atoms with Gasteiger partial charge in [-0.3, -0.25) is 28.4 Å². The highest BCUT2D eigenvalue weighted by molar-refractivity contribution is 7.93. The molecule has 9 N–H and O–H groups in total. The Bertz CT molecular complexity index is 3590. The van der Waals surface area contributed by atoms with E-state index in [1.54, 1.807) is 25.7 Å². The predicted molar refractivity (Wildman–Crippen MR) is 251 cm³/mol. The molecule has 0 radical (unpaired) electrons. The number of rotatable bonds is 22. The maximum absolute atomic E-state index is 14.3. The Morgan fingerprint density at radius 2 is 1.31 bits per heavy atom. The number of sulfonamides is 2. The van der Waals surface area contributed by atoms with E-state index in [1.807, 2.05) is 0 Å². The van der Waals surface area contributed by atoms with Crippen LogP contribution in [0.5, 0.6) is 28.9 Å². The van der Waals surface area contributed by atoms with Gasteiger partial charge in [-0.25, -0.2) is 21.6 Å². The first-order chi connectivity index (χ1) is 32.9. The Labute approximate surface area is 407 Å². The van der Waals surface area contributed by atoms with Crippen LogP contribution in [0.25, 0.3) is 0 Å². The van der Waals surface area contributed by atoms with Crippen LogP contribution in [0.2, 0.25) is 0 Å². The molecule has 388 valence electrons. The third-order valence-corrected chi connectivity index (χ3v) is 16.1. The Morgan fingerprint density at radius 3 is 1.90 bits per heavy atom. The van der Waals surface area contributed by atoms with E-state index in [2.05, 4.69) is 25.9 Å². The highest BCUT2D eigenvalue weighted by Gasteiger charge is 2.33. The number of methoxy groups -OCH3 is 1. The van der Waals surface area contributed by atoms with Crippen LogP contribution in [0.4, 0.5) is 28.6 Å². The molecular formula is C37H44N8O20S6. The predicted octanol–water partition coefficient (Wildman–Crippen LogP) is 2.74. The summed E-state index contributed by atoms with van der Waals surface area (Å²) in [6.07, 6.45) is -0.979. The molecule has 6 rings (SSSR count). The van der Waals surface area contributed by atoms with Gasteiger partial charge in [0.05, 0.1) is 36.6 Å². The maximum Gasteiger partial charge on any atom is 0.298 e. The molecule has 1 unspecified atom stereocenters. The number of nitrogens with one attached hydrogen (secondary N) is 5. The molecule has 5 aromatic rings. The molecule has 1 aliphatic heterocycles. The smallest absolute Gasteiger partial charge is 0.298 e. The zero-order valence-corrected chi connectivity index (χ0v) is 42.3. The molecule has 0 saturated carbocycles. The molecular weight excluding hydrogens is 1070 g/mol. The molecule has 2 heterocycles. The van der Waals surface area contributed by atoms with Crippen molar-refractivity contribution >= 4 is 89.1 Å². The first kappa shape index (κ1) is 54.1. The third kappa shape index (κ3) is 12.3. The second-order valence-electron chi connectivity index (χ2n) is 14.8. The van der Waals surface area contributed by atoms with Gasteiger partial charge in [0, 0.05) is 44.9 Å². The molecule has 28 nitrogen and oxygen atoms in total. The van der Waals surface area contributed by atoms with Gasteiger partial charge < -0.3 is 34.5 Å². The monoisotopic (exact) mass is 1110 g/mol. The summed E-state index contributed by atoms with van der Waals surface area (Å²) < 4.78 is 221. The van der Waals surface area contributed by atoms with Crippen LogP contribution in [-0.4, -0.2) is 126 Å². The lowest BCUT2D eigenvalue weighted by Gasteiger charge is -2.19. The molecule has 1 aliphatic rings. The van der Waals surface area contributed by atoms with Crippen molar-refractivity contribution in [3.05, 3.63) is 66.7 Å². The normalized spacial score (nSPS) is 14.2. The number of hydrogen-bond donors (Lipinski definition) is 9. The summed E-state index contributed by atoms with van der Waals surface area (Å²) in [6.45, 7) is 2.57. The van der Waals surface area contributed by atoms with Gasteiger partial charge in [0.25, 0.3) is 56.4 Å². The number of nitrogens with zero attached hydrogens (tertiary/aromatic N) is 3. The van der Waals surface area contributed by atoms with E-state index in [9.17, 15) is 68.7 Å². The van der Waals surface area contributed by atoms with Gasteiger partial charge in [0.15, 0.2) is 5.82 Å². The molecule has 1 aromatic heterocycles. The summed E-state index contributed by atoms with van der Waals surface area (Å²) in [4.78, 5) is -2.94. The van der Waals surface area contributed by atoms with Crippen molar-refractivity contribution in [1.82, 2.24) is 14.6 Å². The zero-order chi connectivity index (χ0) is 52.6. The van der Waals surface area contributed by atoms with E-state index in [1.165, 1.54) is 34.8 Å². The number of fused-ring (bicyclic) bond motifs is 1. The highest BCUT2D eigenvalue weighted by atomic mass is 32.2. The van der Waals surface area contributed by atoms with Crippen molar-refractivity contribution in [3.8, 4) is 28.9 Å². The minimum atomic E-state index is -5.58. The average molecular weight is 1110 g/mol.